The van der Waals surface area contributed by atoms with Gasteiger partial charge in [-0.05, 0) is 74.7 Å². The number of nitrogens with zero attached hydrogens (tertiary/aromatic N) is 2. The predicted molar refractivity (Wildman–Crippen MR) is 157 cm³/mol. The first-order valence-electron chi connectivity index (χ1n) is 14.4. The molecule has 1 unspecified atom stereocenters. The van der Waals surface area contributed by atoms with Crippen LogP contribution in [0.2, 0.25) is 0 Å². The molecule has 8 nitrogen and oxygen atoms in total. The molecule has 2 fully saturated rings. The molecular weight excluding hydrogens is 523 g/mol. The number of carbonyl (C=O) groups is 1. The molecule has 0 radical (unpaired) electrons. The van der Waals surface area contributed by atoms with Crippen molar-refractivity contribution in [3.05, 3.63) is 70.3 Å². The highest BCUT2D eigenvalue weighted by molar-refractivity contribution is 6.02. The molecule has 2 saturated heterocycles. The number of benzene rings is 3. The average molecular weight is 557 g/mol. The van der Waals surface area contributed by atoms with Crippen LogP contribution in [0.15, 0.2) is 53.5 Å². The van der Waals surface area contributed by atoms with E-state index < -0.39 is 17.2 Å². The van der Waals surface area contributed by atoms with Crippen LogP contribution in [-0.4, -0.2) is 60.8 Å². The lowest BCUT2D eigenvalue weighted by Gasteiger charge is -2.27. The molecule has 3 aromatic carbocycles. The highest BCUT2D eigenvalue weighted by atomic mass is 19.1. The van der Waals surface area contributed by atoms with Crippen molar-refractivity contribution in [2.45, 2.75) is 44.2 Å². The molecule has 9 heteroatoms. The van der Waals surface area contributed by atoms with Gasteiger partial charge in [-0.15, -0.1) is 0 Å². The zero-order valence-electron chi connectivity index (χ0n) is 23.0. The Kier molecular flexibility index (Phi) is 6.63. The van der Waals surface area contributed by atoms with E-state index in [1.165, 1.54) is 6.07 Å². The van der Waals surface area contributed by atoms with Crippen molar-refractivity contribution in [2.24, 2.45) is 0 Å². The predicted octanol–water partition coefficient (Wildman–Crippen LogP) is 5.19. The Bertz CT molecular complexity index is 1730. The maximum absolute atomic E-state index is 15.7. The number of ether oxygens (including phenoxy) is 2. The number of fused-ring (bicyclic) bond motifs is 3. The van der Waals surface area contributed by atoms with Crippen LogP contribution in [0.1, 0.15) is 42.5 Å². The van der Waals surface area contributed by atoms with E-state index in [0.29, 0.717) is 42.7 Å². The fraction of sp³-hybridized carbons (Fsp3) is 0.375. The van der Waals surface area contributed by atoms with Gasteiger partial charge in [0.25, 0.3) is 5.91 Å². The van der Waals surface area contributed by atoms with Gasteiger partial charge in [0.1, 0.15) is 16.8 Å². The van der Waals surface area contributed by atoms with Crippen LogP contribution in [0, 0.1) is 5.82 Å². The molecule has 7 rings (SSSR count). The van der Waals surface area contributed by atoms with E-state index in [9.17, 15) is 9.59 Å². The maximum Gasteiger partial charge on any atom is 0.256 e. The Morgan fingerprint density at radius 3 is 2.71 bits per heavy atom. The van der Waals surface area contributed by atoms with Gasteiger partial charge in [-0.25, -0.2) is 4.39 Å². The third-order valence-electron chi connectivity index (χ3n) is 8.70. The fourth-order valence-electron chi connectivity index (χ4n) is 6.44. The second-order valence-electron chi connectivity index (χ2n) is 11.3. The zero-order chi connectivity index (χ0) is 28.1. The molecule has 0 spiro atoms. The molecule has 4 aromatic rings. The van der Waals surface area contributed by atoms with E-state index in [4.69, 9.17) is 9.47 Å². The Morgan fingerprint density at radius 1 is 1.12 bits per heavy atom. The third-order valence-corrected chi connectivity index (χ3v) is 8.70. The molecule has 0 aliphatic carbocycles. The van der Waals surface area contributed by atoms with Gasteiger partial charge in [0.05, 0.1) is 17.2 Å². The Morgan fingerprint density at radius 2 is 1.95 bits per heavy atom. The molecule has 212 valence electrons. The number of aromatic nitrogens is 1. The molecule has 0 saturated carbocycles. The van der Waals surface area contributed by atoms with Gasteiger partial charge < -0.3 is 29.6 Å². The summed E-state index contributed by atoms with van der Waals surface area (Å²) in [7, 11) is 2.10. The first-order chi connectivity index (χ1) is 20.0. The number of rotatable bonds is 7. The number of halogens is 1. The minimum absolute atomic E-state index is 0.0191. The normalized spacial score (nSPS) is 19.9. The van der Waals surface area contributed by atoms with E-state index in [2.05, 4.69) is 22.6 Å². The first kappa shape index (κ1) is 26.0. The van der Waals surface area contributed by atoms with E-state index >= 15 is 4.39 Å². The average Bonchev–Trinajstić information content (AvgIpc) is 3.64. The number of amides is 1. The van der Waals surface area contributed by atoms with E-state index in [-0.39, 0.29) is 28.5 Å². The zero-order valence-corrected chi connectivity index (χ0v) is 23.0. The van der Waals surface area contributed by atoms with Crippen LogP contribution < -0.4 is 20.8 Å². The molecule has 2 N–H and O–H groups in total. The van der Waals surface area contributed by atoms with Crippen molar-refractivity contribution in [3.63, 3.8) is 0 Å². The quantitative estimate of drug-likeness (QED) is 0.287. The van der Waals surface area contributed by atoms with Crippen LogP contribution in [0.3, 0.4) is 0 Å². The van der Waals surface area contributed by atoms with Gasteiger partial charge in [0.15, 0.2) is 17.3 Å². The summed E-state index contributed by atoms with van der Waals surface area (Å²) in [5.74, 6) is -0.325. The lowest BCUT2D eigenvalue weighted by atomic mass is 10.0. The number of carbonyl (C=O) groups excluding carboxylic acids is 1. The standard InChI is InChI=1S/C32H33FN4O4/c1-36-12-4-8-21(36)10-11-34-32(39)24-18-37-26-14-19-6-2-3-7-20(19)15-27(26)41-31-28(35-17-22-9-5-13-40-22)25(33)16-23(29(31)37)30(24)38/h2-3,6-7,14-16,18,21-22,35H,4-5,8-13,17H2,1H3,(H,34,39)/t21?,22-/m1/s1. The lowest BCUT2D eigenvalue weighted by molar-refractivity contribution is 0.0948. The van der Waals surface area contributed by atoms with Crippen LogP contribution >= 0.6 is 0 Å². The van der Waals surface area contributed by atoms with Gasteiger partial charge >= 0.3 is 0 Å². The molecule has 3 aliphatic heterocycles. The molecule has 1 aromatic heterocycles. The fourth-order valence-corrected chi connectivity index (χ4v) is 6.44. The second kappa shape index (κ2) is 10.5. The van der Waals surface area contributed by atoms with Crippen LogP contribution in [0.25, 0.3) is 27.4 Å². The summed E-state index contributed by atoms with van der Waals surface area (Å²) in [6.07, 6.45) is 6.48. The summed E-state index contributed by atoms with van der Waals surface area (Å²) >= 11 is 0. The van der Waals surface area contributed by atoms with E-state index in [1.807, 2.05) is 36.4 Å². The van der Waals surface area contributed by atoms with Gasteiger partial charge in [-0.1, -0.05) is 24.3 Å². The second-order valence-corrected chi connectivity index (χ2v) is 11.3. The number of likely N-dealkylation sites (tertiary alicyclic amines) is 1. The monoisotopic (exact) mass is 556 g/mol. The molecule has 4 heterocycles. The lowest BCUT2D eigenvalue weighted by Crippen LogP contribution is -2.34. The van der Waals surface area contributed by atoms with Gasteiger partial charge in [-0.2, -0.15) is 0 Å². The molecular formula is C32H33FN4O4. The topological polar surface area (TPSA) is 84.8 Å². The van der Waals surface area contributed by atoms with E-state index in [1.54, 1.807) is 10.8 Å². The summed E-state index contributed by atoms with van der Waals surface area (Å²) < 4.78 is 29.6. The summed E-state index contributed by atoms with van der Waals surface area (Å²) in [4.78, 5) is 29.4. The Labute approximate surface area is 237 Å². The molecule has 2 atom stereocenters. The highest BCUT2D eigenvalue weighted by Gasteiger charge is 2.30. The molecule has 41 heavy (non-hydrogen) atoms. The van der Waals surface area contributed by atoms with E-state index in [0.717, 1.165) is 49.4 Å². The molecule has 0 bridgehead atoms. The number of hydrogen-bond donors (Lipinski definition) is 2. The van der Waals surface area contributed by atoms with Crippen LogP contribution in [0.4, 0.5) is 10.1 Å². The van der Waals surface area contributed by atoms with Crippen molar-refractivity contribution >= 4 is 33.3 Å². The van der Waals surface area contributed by atoms with Crippen LogP contribution in [-0.2, 0) is 4.74 Å². The number of anilines is 1. The van der Waals surface area contributed by atoms with Crippen molar-refractivity contribution in [3.8, 4) is 17.2 Å². The van der Waals surface area contributed by atoms with Gasteiger partial charge in [0.2, 0.25) is 5.43 Å². The summed E-state index contributed by atoms with van der Waals surface area (Å²) in [5, 5.41) is 8.17. The molecule has 1 amide bonds. The number of hydrogen-bond acceptors (Lipinski definition) is 6. The minimum atomic E-state index is -0.611. The number of nitrogens with one attached hydrogen (secondary N) is 2. The summed E-state index contributed by atoms with van der Waals surface area (Å²) in [6.45, 7) is 2.63. The smallest absolute Gasteiger partial charge is 0.256 e. The van der Waals surface area contributed by atoms with Gasteiger partial charge in [-0.3, -0.25) is 9.59 Å². The van der Waals surface area contributed by atoms with Gasteiger partial charge in [0, 0.05) is 31.9 Å². The Balaban J connectivity index is 1.33. The Hall–Kier alpha value is -3.95. The third kappa shape index (κ3) is 4.63. The van der Waals surface area contributed by atoms with Crippen molar-refractivity contribution in [1.82, 2.24) is 14.8 Å². The summed E-state index contributed by atoms with van der Waals surface area (Å²) in [6, 6.07) is 13.4. The largest absolute Gasteiger partial charge is 0.451 e. The van der Waals surface area contributed by atoms with Crippen LogP contribution in [0.5, 0.6) is 11.5 Å². The van der Waals surface area contributed by atoms with Crippen molar-refractivity contribution in [1.29, 1.82) is 0 Å². The minimum Gasteiger partial charge on any atom is -0.451 e. The van der Waals surface area contributed by atoms with Crippen molar-refractivity contribution in [2.75, 3.05) is 38.6 Å². The molecule has 3 aliphatic rings. The summed E-state index contributed by atoms with van der Waals surface area (Å²) in [5.41, 5.74) is 0.740. The number of pyridine rings is 1. The maximum atomic E-state index is 15.7. The SMILES string of the molecule is CN1CCCC1CCNC(=O)c1cn2c3c(c(NC[C@H]4CCCO4)c(F)cc3c1=O)Oc1cc3ccccc3cc1-2. The van der Waals surface area contributed by atoms with Crippen molar-refractivity contribution < 1.29 is 18.7 Å². The highest BCUT2D eigenvalue weighted by Crippen LogP contribution is 2.46. The first-order valence-corrected chi connectivity index (χ1v) is 14.4.